The monoisotopic (exact) mass is 311 g/mol. The maximum absolute atomic E-state index is 11.5. The molecule has 116 valence electrons. The Labute approximate surface area is 132 Å². The van der Waals surface area contributed by atoms with Gasteiger partial charge in [-0.05, 0) is 30.7 Å². The van der Waals surface area contributed by atoms with E-state index in [9.17, 15) is 9.59 Å². The summed E-state index contributed by atoms with van der Waals surface area (Å²) in [5, 5.41) is 14.7. The van der Waals surface area contributed by atoms with Gasteiger partial charge >= 0.3 is 5.97 Å². The van der Waals surface area contributed by atoms with Gasteiger partial charge in [-0.1, -0.05) is 17.3 Å². The number of nitriles is 1. The number of nitrogens with zero attached hydrogens (tertiary/aromatic N) is 2. The van der Waals surface area contributed by atoms with Crippen molar-refractivity contribution in [2.45, 2.75) is 6.92 Å². The van der Waals surface area contributed by atoms with E-state index in [1.54, 1.807) is 37.3 Å². The Hall–Kier alpha value is -3.40. The summed E-state index contributed by atoms with van der Waals surface area (Å²) < 4.78 is 9.59. The van der Waals surface area contributed by atoms with Gasteiger partial charge in [0.05, 0.1) is 11.6 Å². The van der Waals surface area contributed by atoms with Crippen LogP contribution in [-0.4, -0.2) is 23.6 Å². The Morgan fingerprint density at radius 3 is 2.74 bits per heavy atom. The van der Waals surface area contributed by atoms with Crippen molar-refractivity contribution in [2.75, 3.05) is 11.9 Å². The van der Waals surface area contributed by atoms with E-state index in [4.69, 9.17) is 14.5 Å². The van der Waals surface area contributed by atoms with Crippen molar-refractivity contribution in [3.8, 4) is 6.07 Å². The van der Waals surface area contributed by atoms with Gasteiger partial charge in [0.25, 0.3) is 5.91 Å². The molecule has 1 heterocycles. The highest BCUT2D eigenvalue weighted by Crippen LogP contribution is 2.07. The molecule has 1 aromatic heterocycles. The lowest BCUT2D eigenvalue weighted by molar-refractivity contribution is -0.142. The first-order chi connectivity index (χ1) is 11.1. The lowest BCUT2D eigenvalue weighted by atomic mass is 10.1. The van der Waals surface area contributed by atoms with Crippen LogP contribution in [0.5, 0.6) is 0 Å². The molecule has 0 saturated heterocycles. The van der Waals surface area contributed by atoms with Crippen LogP contribution >= 0.6 is 0 Å². The Morgan fingerprint density at radius 2 is 2.13 bits per heavy atom. The zero-order valence-corrected chi connectivity index (χ0v) is 12.3. The zero-order chi connectivity index (χ0) is 16.7. The lowest BCUT2D eigenvalue weighted by Gasteiger charge is -2.01. The number of carbonyl (C=O) groups excluding carboxylic acids is 2. The smallest absolute Gasteiger partial charge is 0.331 e. The Morgan fingerprint density at radius 1 is 1.39 bits per heavy atom. The van der Waals surface area contributed by atoms with Crippen molar-refractivity contribution in [2.24, 2.45) is 0 Å². The van der Waals surface area contributed by atoms with Gasteiger partial charge in [-0.25, -0.2) is 4.79 Å². The number of anilines is 1. The van der Waals surface area contributed by atoms with E-state index in [1.807, 2.05) is 6.07 Å². The zero-order valence-electron chi connectivity index (χ0n) is 12.3. The van der Waals surface area contributed by atoms with Crippen LogP contribution in [0, 0.1) is 18.3 Å². The number of aromatic nitrogens is 1. The topological polar surface area (TPSA) is 105 Å². The summed E-state index contributed by atoms with van der Waals surface area (Å²) in [5.41, 5.74) is 1.27. The minimum absolute atomic E-state index is 0.261. The molecule has 7 nitrogen and oxygen atoms in total. The van der Waals surface area contributed by atoms with Gasteiger partial charge in [0, 0.05) is 12.1 Å². The molecular weight excluding hydrogens is 298 g/mol. The van der Waals surface area contributed by atoms with Crippen LogP contribution in [0.2, 0.25) is 0 Å². The molecule has 0 unspecified atom stereocenters. The summed E-state index contributed by atoms with van der Waals surface area (Å²) in [7, 11) is 0. The molecule has 23 heavy (non-hydrogen) atoms. The number of hydrogen-bond donors (Lipinski definition) is 1. The van der Waals surface area contributed by atoms with Gasteiger partial charge in [0.15, 0.2) is 12.4 Å². The highest BCUT2D eigenvalue weighted by molar-refractivity contribution is 5.94. The molecule has 1 N–H and O–H groups in total. The minimum Gasteiger partial charge on any atom is -0.452 e. The number of amides is 1. The number of rotatable bonds is 5. The van der Waals surface area contributed by atoms with Crippen molar-refractivity contribution in [1.29, 1.82) is 5.26 Å². The van der Waals surface area contributed by atoms with Crippen LogP contribution in [0.25, 0.3) is 6.08 Å². The third-order valence-electron chi connectivity index (χ3n) is 2.69. The summed E-state index contributed by atoms with van der Waals surface area (Å²) in [6.07, 6.45) is 2.73. The van der Waals surface area contributed by atoms with Crippen molar-refractivity contribution in [3.05, 3.63) is 53.3 Å². The third kappa shape index (κ3) is 5.13. The van der Waals surface area contributed by atoms with E-state index in [-0.39, 0.29) is 5.82 Å². The molecule has 0 bridgehead atoms. The quantitative estimate of drug-likeness (QED) is 0.669. The number of esters is 1. The predicted molar refractivity (Wildman–Crippen MR) is 81.0 cm³/mol. The van der Waals surface area contributed by atoms with Crippen LogP contribution in [0.3, 0.4) is 0 Å². The first-order valence-electron chi connectivity index (χ1n) is 6.65. The van der Waals surface area contributed by atoms with E-state index in [0.29, 0.717) is 11.3 Å². The van der Waals surface area contributed by atoms with Gasteiger partial charge in [-0.2, -0.15) is 5.26 Å². The number of ether oxygens (including phenoxy) is 1. The standard InChI is InChI=1S/C16H13N3O4/c1-11-8-14(19-23-11)18-15(20)10-22-16(21)7-6-12-2-4-13(9-17)5-3-12/h2-8H,10H2,1H3,(H,18,19,20)/b7-6+. The fourth-order valence-corrected chi connectivity index (χ4v) is 1.62. The molecule has 0 saturated carbocycles. The summed E-state index contributed by atoms with van der Waals surface area (Å²) >= 11 is 0. The van der Waals surface area contributed by atoms with Crippen molar-refractivity contribution in [1.82, 2.24) is 5.16 Å². The molecule has 2 rings (SSSR count). The average molecular weight is 311 g/mol. The predicted octanol–water partition coefficient (Wildman–Crippen LogP) is 2.05. The fourth-order valence-electron chi connectivity index (χ4n) is 1.62. The van der Waals surface area contributed by atoms with E-state index in [1.165, 1.54) is 12.2 Å². The summed E-state index contributed by atoms with van der Waals surface area (Å²) in [6.45, 7) is 1.26. The van der Waals surface area contributed by atoms with Gasteiger partial charge < -0.3 is 14.6 Å². The largest absolute Gasteiger partial charge is 0.452 e. The van der Waals surface area contributed by atoms with Crippen LogP contribution < -0.4 is 5.32 Å². The van der Waals surface area contributed by atoms with Gasteiger partial charge in [-0.3, -0.25) is 4.79 Å². The fraction of sp³-hybridized carbons (Fsp3) is 0.125. The molecule has 7 heteroatoms. The second-order valence-corrected chi connectivity index (χ2v) is 4.55. The molecule has 0 spiro atoms. The number of nitrogens with one attached hydrogen (secondary N) is 1. The van der Waals surface area contributed by atoms with E-state index >= 15 is 0 Å². The Kier molecular flexibility index (Phi) is 5.25. The molecule has 0 aliphatic carbocycles. The Balaban J connectivity index is 1.78. The summed E-state index contributed by atoms with van der Waals surface area (Å²) in [6, 6.07) is 10.2. The normalized spacial score (nSPS) is 10.3. The van der Waals surface area contributed by atoms with E-state index in [2.05, 4.69) is 10.5 Å². The van der Waals surface area contributed by atoms with Crippen LogP contribution in [0.4, 0.5) is 5.82 Å². The third-order valence-corrected chi connectivity index (χ3v) is 2.69. The van der Waals surface area contributed by atoms with E-state index in [0.717, 1.165) is 5.56 Å². The minimum atomic E-state index is -0.652. The molecule has 0 radical (unpaired) electrons. The number of carbonyl (C=O) groups is 2. The molecule has 0 aliphatic heterocycles. The SMILES string of the molecule is Cc1cc(NC(=O)COC(=O)/C=C/c2ccc(C#N)cc2)no1. The average Bonchev–Trinajstić information content (AvgIpc) is 2.96. The first kappa shape index (κ1) is 16.0. The highest BCUT2D eigenvalue weighted by atomic mass is 16.5. The molecule has 1 amide bonds. The number of aryl methyl sites for hydroxylation is 1. The van der Waals surface area contributed by atoms with Gasteiger partial charge in [-0.15, -0.1) is 0 Å². The molecule has 0 aliphatic rings. The highest BCUT2D eigenvalue weighted by Gasteiger charge is 2.08. The van der Waals surface area contributed by atoms with Crippen molar-refractivity contribution >= 4 is 23.8 Å². The van der Waals surface area contributed by atoms with E-state index < -0.39 is 18.5 Å². The van der Waals surface area contributed by atoms with Crippen LogP contribution in [-0.2, 0) is 14.3 Å². The Bertz CT molecular complexity index is 769. The molecular formula is C16H13N3O4. The van der Waals surface area contributed by atoms with Crippen LogP contribution in [0.1, 0.15) is 16.9 Å². The van der Waals surface area contributed by atoms with Crippen molar-refractivity contribution in [3.63, 3.8) is 0 Å². The van der Waals surface area contributed by atoms with Gasteiger partial charge in [0.1, 0.15) is 5.76 Å². The van der Waals surface area contributed by atoms with Gasteiger partial charge in [0.2, 0.25) is 0 Å². The summed E-state index contributed by atoms with van der Waals surface area (Å²) in [5.74, 6) is -0.349. The molecule has 0 atom stereocenters. The molecule has 1 aromatic carbocycles. The van der Waals surface area contributed by atoms with Crippen LogP contribution in [0.15, 0.2) is 40.9 Å². The molecule has 2 aromatic rings. The second-order valence-electron chi connectivity index (χ2n) is 4.55. The lowest BCUT2D eigenvalue weighted by Crippen LogP contribution is -2.20. The maximum Gasteiger partial charge on any atom is 0.331 e. The molecule has 0 fully saturated rings. The first-order valence-corrected chi connectivity index (χ1v) is 6.65. The van der Waals surface area contributed by atoms with Crippen molar-refractivity contribution < 1.29 is 18.8 Å². The number of hydrogen-bond acceptors (Lipinski definition) is 6. The maximum atomic E-state index is 11.5. The number of benzene rings is 1. The second kappa shape index (κ2) is 7.56. The summed E-state index contributed by atoms with van der Waals surface area (Å²) in [4.78, 5) is 23.1.